The van der Waals surface area contributed by atoms with E-state index in [1.807, 2.05) is 0 Å². The first-order valence-corrected chi connectivity index (χ1v) is 6.62. The number of rotatable bonds is 5. The number of benzene rings is 1. The highest BCUT2D eigenvalue weighted by Gasteiger charge is 2.30. The Morgan fingerprint density at radius 1 is 1.18 bits per heavy atom. The molecule has 1 aromatic carbocycles. The Labute approximate surface area is 104 Å². The predicted molar refractivity (Wildman–Crippen MR) is 71.0 cm³/mol. The fraction of sp³-hybridized carbons (Fsp3) is 0.600. The van der Waals surface area contributed by atoms with Crippen molar-refractivity contribution in [2.45, 2.75) is 44.1 Å². The molecule has 1 aliphatic carbocycles. The lowest BCUT2D eigenvalue weighted by molar-refractivity contribution is 0.195. The van der Waals surface area contributed by atoms with Crippen molar-refractivity contribution in [2.75, 3.05) is 13.7 Å². The lowest BCUT2D eigenvalue weighted by Crippen LogP contribution is -2.32. The van der Waals surface area contributed by atoms with Crippen LogP contribution in [-0.2, 0) is 16.7 Å². The third kappa shape index (κ3) is 3.08. The summed E-state index contributed by atoms with van der Waals surface area (Å²) in [5, 5.41) is 0. The van der Waals surface area contributed by atoms with Crippen LogP contribution >= 0.6 is 0 Å². The lowest BCUT2D eigenvalue weighted by atomic mass is 9.88. The molecule has 94 valence electrons. The molecule has 0 spiro atoms. The van der Waals surface area contributed by atoms with Crippen LogP contribution in [0.3, 0.4) is 0 Å². The molecular formula is C15H23NO. The van der Waals surface area contributed by atoms with Crippen LogP contribution in [0.4, 0.5) is 0 Å². The number of nitrogens with two attached hydrogens (primary N) is 1. The number of hydrogen-bond donors (Lipinski definition) is 1. The van der Waals surface area contributed by atoms with Gasteiger partial charge in [-0.1, -0.05) is 37.1 Å². The van der Waals surface area contributed by atoms with Crippen LogP contribution in [0.15, 0.2) is 24.3 Å². The van der Waals surface area contributed by atoms with E-state index in [-0.39, 0.29) is 5.54 Å². The molecule has 0 radical (unpaired) electrons. The average Bonchev–Trinajstić information content (AvgIpc) is 2.79. The Morgan fingerprint density at radius 2 is 1.82 bits per heavy atom. The van der Waals surface area contributed by atoms with Gasteiger partial charge >= 0.3 is 0 Å². The highest BCUT2D eigenvalue weighted by Crippen LogP contribution is 2.36. The molecule has 0 unspecified atom stereocenters. The molecule has 0 bridgehead atoms. The molecule has 1 fully saturated rings. The smallest absolute Gasteiger partial charge is 0.0465 e. The van der Waals surface area contributed by atoms with Crippen LogP contribution in [-0.4, -0.2) is 13.7 Å². The van der Waals surface area contributed by atoms with Crippen molar-refractivity contribution in [1.29, 1.82) is 0 Å². The van der Waals surface area contributed by atoms with Crippen LogP contribution in [0.25, 0.3) is 0 Å². The summed E-state index contributed by atoms with van der Waals surface area (Å²) in [4.78, 5) is 0. The molecule has 0 aliphatic heterocycles. The van der Waals surface area contributed by atoms with Gasteiger partial charge in [-0.15, -0.1) is 0 Å². The molecule has 0 amide bonds. The number of methoxy groups -OCH3 is 1. The Balaban J connectivity index is 1.97. The first-order valence-electron chi connectivity index (χ1n) is 6.62. The molecule has 2 heteroatoms. The first-order chi connectivity index (χ1) is 8.24. The van der Waals surface area contributed by atoms with Crippen LogP contribution in [0.1, 0.15) is 43.2 Å². The van der Waals surface area contributed by atoms with Gasteiger partial charge in [0.25, 0.3) is 0 Å². The van der Waals surface area contributed by atoms with Gasteiger partial charge in [0, 0.05) is 19.3 Å². The van der Waals surface area contributed by atoms with E-state index in [1.165, 1.54) is 24.0 Å². The van der Waals surface area contributed by atoms with E-state index in [0.29, 0.717) is 0 Å². The third-order valence-corrected chi connectivity index (χ3v) is 3.84. The summed E-state index contributed by atoms with van der Waals surface area (Å²) in [5.74, 6) is 0. The Hall–Kier alpha value is -0.860. The van der Waals surface area contributed by atoms with Crippen LogP contribution in [0, 0.1) is 0 Å². The van der Waals surface area contributed by atoms with E-state index in [0.717, 1.165) is 32.3 Å². The van der Waals surface area contributed by atoms with Gasteiger partial charge in [-0.2, -0.15) is 0 Å². The van der Waals surface area contributed by atoms with Gasteiger partial charge in [0.15, 0.2) is 0 Å². The van der Waals surface area contributed by atoms with Gasteiger partial charge in [0.1, 0.15) is 0 Å². The van der Waals surface area contributed by atoms with Crippen molar-refractivity contribution in [2.24, 2.45) is 5.73 Å². The third-order valence-electron chi connectivity index (χ3n) is 3.84. The summed E-state index contributed by atoms with van der Waals surface area (Å²) in [6.45, 7) is 0.836. The number of ether oxygens (including phenoxy) is 1. The minimum absolute atomic E-state index is 0.0505. The zero-order chi connectivity index (χ0) is 12.1. The normalized spacial score (nSPS) is 18.5. The van der Waals surface area contributed by atoms with Crippen molar-refractivity contribution in [3.05, 3.63) is 35.4 Å². The minimum atomic E-state index is -0.0505. The predicted octanol–water partition coefficient (Wildman–Crippen LogP) is 2.99. The Morgan fingerprint density at radius 3 is 2.41 bits per heavy atom. The lowest BCUT2D eigenvalue weighted by Gasteiger charge is -2.24. The molecule has 1 saturated carbocycles. The zero-order valence-corrected chi connectivity index (χ0v) is 10.7. The first kappa shape index (κ1) is 12.6. The second kappa shape index (κ2) is 5.65. The summed E-state index contributed by atoms with van der Waals surface area (Å²) in [6.07, 6.45) is 6.99. The van der Waals surface area contributed by atoms with Gasteiger partial charge in [0.05, 0.1) is 0 Å². The SMILES string of the molecule is COCCCc1ccc(C2(N)CCCC2)cc1. The van der Waals surface area contributed by atoms with Crippen LogP contribution in [0.5, 0.6) is 0 Å². The molecule has 0 aromatic heterocycles. The molecule has 1 aliphatic rings. The fourth-order valence-electron chi connectivity index (χ4n) is 2.72. The van der Waals surface area contributed by atoms with Crippen molar-refractivity contribution in [3.8, 4) is 0 Å². The van der Waals surface area contributed by atoms with E-state index in [4.69, 9.17) is 10.5 Å². The van der Waals surface area contributed by atoms with Crippen molar-refractivity contribution in [3.63, 3.8) is 0 Å². The van der Waals surface area contributed by atoms with Gasteiger partial charge in [0.2, 0.25) is 0 Å². The number of aryl methyl sites for hydroxylation is 1. The summed E-state index contributed by atoms with van der Waals surface area (Å²) in [6, 6.07) is 8.87. The molecule has 0 saturated heterocycles. The standard InChI is InChI=1S/C15H23NO/c1-17-12-4-5-13-6-8-14(9-7-13)15(16)10-2-3-11-15/h6-9H,2-5,10-12,16H2,1H3. The molecule has 2 N–H and O–H groups in total. The molecule has 2 nitrogen and oxygen atoms in total. The van der Waals surface area contributed by atoms with E-state index in [9.17, 15) is 0 Å². The highest BCUT2D eigenvalue weighted by molar-refractivity contribution is 5.29. The summed E-state index contributed by atoms with van der Waals surface area (Å²) in [7, 11) is 1.75. The molecule has 1 aromatic rings. The van der Waals surface area contributed by atoms with E-state index in [2.05, 4.69) is 24.3 Å². The summed E-state index contributed by atoms with van der Waals surface area (Å²) >= 11 is 0. The van der Waals surface area contributed by atoms with Crippen molar-refractivity contribution >= 4 is 0 Å². The molecule has 2 rings (SSSR count). The van der Waals surface area contributed by atoms with E-state index in [1.54, 1.807) is 7.11 Å². The second-order valence-corrected chi connectivity index (χ2v) is 5.16. The molecule has 0 atom stereocenters. The molecule has 0 heterocycles. The Kier molecular flexibility index (Phi) is 4.19. The van der Waals surface area contributed by atoms with Gasteiger partial charge in [-0.05, 0) is 36.8 Å². The van der Waals surface area contributed by atoms with Gasteiger partial charge < -0.3 is 10.5 Å². The maximum absolute atomic E-state index is 6.43. The Bertz CT molecular complexity index is 338. The quantitative estimate of drug-likeness (QED) is 0.793. The molecular weight excluding hydrogens is 210 g/mol. The van der Waals surface area contributed by atoms with Crippen LogP contribution in [0.2, 0.25) is 0 Å². The largest absolute Gasteiger partial charge is 0.385 e. The van der Waals surface area contributed by atoms with E-state index < -0.39 is 0 Å². The monoisotopic (exact) mass is 233 g/mol. The maximum Gasteiger partial charge on any atom is 0.0465 e. The van der Waals surface area contributed by atoms with Gasteiger partial charge in [-0.25, -0.2) is 0 Å². The second-order valence-electron chi connectivity index (χ2n) is 5.16. The van der Waals surface area contributed by atoms with Crippen LogP contribution < -0.4 is 5.73 Å². The number of hydrogen-bond acceptors (Lipinski definition) is 2. The maximum atomic E-state index is 6.43. The average molecular weight is 233 g/mol. The minimum Gasteiger partial charge on any atom is -0.385 e. The van der Waals surface area contributed by atoms with Gasteiger partial charge in [-0.3, -0.25) is 0 Å². The topological polar surface area (TPSA) is 35.2 Å². The van der Waals surface area contributed by atoms with Crippen molar-refractivity contribution in [1.82, 2.24) is 0 Å². The summed E-state index contributed by atoms with van der Waals surface area (Å²) in [5.41, 5.74) is 9.07. The molecule has 17 heavy (non-hydrogen) atoms. The zero-order valence-electron chi connectivity index (χ0n) is 10.7. The van der Waals surface area contributed by atoms with E-state index >= 15 is 0 Å². The summed E-state index contributed by atoms with van der Waals surface area (Å²) < 4.78 is 5.06. The van der Waals surface area contributed by atoms with Crippen molar-refractivity contribution < 1.29 is 4.74 Å². The fourth-order valence-corrected chi connectivity index (χ4v) is 2.72. The highest BCUT2D eigenvalue weighted by atomic mass is 16.5.